The predicted octanol–water partition coefficient (Wildman–Crippen LogP) is 2.07. The fourth-order valence-electron chi connectivity index (χ4n) is 1.83. The molecule has 1 aliphatic heterocycles. The van der Waals surface area contributed by atoms with Gasteiger partial charge in [-0.05, 0) is 32.1 Å². The molecule has 0 bridgehead atoms. The van der Waals surface area contributed by atoms with Gasteiger partial charge in [-0.25, -0.2) is 12.7 Å². The van der Waals surface area contributed by atoms with Crippen molar-refractivity contribution in [3.8, 4) is 0 Å². The molecule has 0 saturated carbocycles. The van der Waals surface area contributed by atoms with Crippen LogP contribution in [0.5, 0.6) is 0 Å². The molecule has 15 heavy (non-hydrogen) atoms. The quantitative estimate of drug-likeness (QED) is 0.722. The van der Waals surface area contributed by atoms with Gasteiger partial charge < -0.3 is 0 Å². The molecule has 0 amide bonds. The fourth-order valence-corrected chi connectivity index (χ4v) is 3.71. The van der Waals surface area contributed by atoms with Gasteiger partial charge in [0, 0.05) is 19.0 Å². The maximum absolute atomic E-state index is 12.0. The molecule has 0 aromatic heterocycles. The van der Waals surface area contributed by atoms with Crippen LogP contribution in [0.25, 0.3) is 0 Å². The van der Waals surface area contributed by atoms with E-state index in [4.69, 9.17) is 11.6 Å². The highest BCUT2D eigenvalue weighted by Gasteiger charge is 2.29. The van der Waals surface area contributed by atoms with Crippen molar-refractivity contribution in [2.75, 3.05) is 19.0 Å². The van der Waals surface area contributed by atoms with E-state index in [2.05, 4.69) is 6.92 Å². The van der Waals surface area contributed by atoms with E-state index < -0.39 is 15.3 Å². The van der Waals surface area contributed by atoms with Gasteiger partial charge in [-0.3, -0.25) is 0 Å². The number of hydrogen-bond donors (Lipinski definition) is 0. The minimum absolute atomic E-state index is 0.175. The van der Waals surface area contributed by atoms with Crippen LogP contribution in [0.3, 0.4) is 0 Å². The van der Waals surface area contributed by atoms with Crippen molar-refractivity contribution in [3.63, 3.8) is 0 Å². The minimum Gasteiger partial charge on any atom is -0.212 e. The SMILES string of the molecule is CC1CCCN(S(=O)(=O)C(C)CCl)CC1. The van der Waals surface area contributed by atoms with Gasteiger partial charge in [0.25, 0.3) is 0 Å². The fraction of sp³-hybridized carbons (Fsp3) is 1.00. The van der Waals surface area contributed by atoms with Crippen molar-refractivity contribution < 1.29 is 8.42 Å². The lowest BCUT2D eigenvalue weighted by Gasteiger charge is -2.23. The first-order valence-electron chi connectivity index (χ1n) is 5.53. The molecule has 2 unspecified atom stereocenters. The number of rotatable bonds is 3. The third-order valence-corrected chi connectivity index (χ3v) is 5.98. The highest BCUT2D eigenvalue weighted by atomic mass is 35.5. The third-order valence-electron chi connectivity index (χ3n) is 3.06. The van der Waals surface area contributed by atoms with Crippen molar-refractivity contribution in [1.29, 1.82) is 0 Å². The third kappa shape index (κ3) is 3.33. The van der Waals surface area contributed by atoms with Crippen LogP contribution in [0.1, 0.15) is 33.1 Å². The van der Waals surface area contributed by atoms with Gasteiger partial charge in [-0.1, -0.05) is 6.92 Å². The van der Waals surface area contributed by atoms with E-state index in [1.807, 2.05) is 0 Å². The molecule has 0 spiro atoms. The van der Waals surface area contributed by atoms with E-state index in [1.54, 1.807) is 11.2 Å². The molecule has 0 aromatic carbocycles. The zero-order valence-electron chi connectivity index (χ0n) is 9.45. The summed E-state index contributed by atoms with van der Waals surface area (Å²) in [4.78, 5) is 0. The van der Waals surface area contributed by atoms with E-state index in [9.17, 15) is 8.42 Å². The van der Waals surface area contributed by atoms with E-state index in [-0.39, 0.29) is 5.88 Å². The highest BCUT2D eigenvalue weighted by Crippen LogP contribution is 2.20. The normalized spacial score (nSPS) is 27.3. The Balaban J connectivity index is 2.70. The smallest absolute Gasteiger partial charge is 0.212 e. The lowest BCUT2D eigenvalue weighted by molar-refractivity contribution is 0.412. The second-order valence-corrected chi connectivity index (χ2v) is 7.10. The van der Waals surface area contributed by atoms with Crippen molar-refractivity contribution in [3.05, 3.63) is 0 Å². The summed E-state index contributed by atoms with van der Waals surface area (Å²) >= 11 is 5.62. The van der Waals surface area contributed by atoms with E-state index >= 15 is 0 Å². The van der Waals surface area contributed by atoms with Gasteiger partial charge in [0.1, 0.15) is 0 Å². The summed E-state index contributed by atoms with van der Waals surface area (Å²) in [5.74, 6) is 0.811. The zero-order valence-corrected chi connectivity index (χ0v) is 11.0. The van der Waals surface area contributed by atoms with Crippen molar-refractivity contribution in [2.45, 2.75) is 38.4 Å². The van der Waals surface area contributed by atoms with Gasteiger partial charge in [-0.15, -0.1) is 11.6 Å². The van der Waals surface area contributed by atoms with E-state index in [0.29, 0.717) is 19.0 Å². The Morgan fingerprint density at radius 1 is 1.40 bits per heavy atom. The zero-order chi connectivity index (χ0) is 11.5. The van der Waals surface area contributed by atoms with Crippen LogP contribution in [0.15, 0.2) is 0 Å². The van der Waals surface area contributed by atoms with E-state index in [0.717, 1.165) is 19.3 Å². The lowest BCUT2D eigenvalue weighted by atomic mass is 10.0. The van der Waals surface area contributed by atoms with Gasteiger partial charge in [0.15, 0.2) is 0 Å². The summed E-state index contributed by atoms with van der Waals surface area (Å²) < 4.78 is 25.6. The molecule has 1 heterocycles. The Kier molecular flexibility index (Phi) is 4.87. The molecule has 1 fully saturated rings. The van der Waals surface area contributed by atoms with Gasteiger partial charge in [-0.2, -0.15) is 0 Å². The molecule has 3 nitrogen and oxygen atoms in total. The highest BCUT2D eigenvalue weighted by molar-refractivity contribution is 7.89. The molecule has 1 saturated heterocycles. The number of hydrogen-bond acceptors (Lipinski definition) is 2. The Labute approximate surface area is 97.8 Å². The Morgan fingerprint density at radius 2 is 2.07 bits per heavy atom. The molecular weight excluding hydrogens is 234 g/mol. The molecule has 1 aliphatic rings. The minimum atomic E-state index is -3.16. The number of nitrogens with zero attached hydrogens (tertiary/aromatic N) is 1. The maximum Gasteiger partial charge on any atom is 0.217 e. The summed E-state index contributed by atoms with van der Waals surface area (Å²) in [6.07, 6.45) is 3.06. The summed E-state index contributed by atoms with van der Waals surface area (Å²) in [5.41, 5.74) is 0. The Morgan fingerprint density at radius 3 is 2.67 bits per heavy atom. The standard InChI is InChI=1S/C10H20ClNO2S/c1-9-4-3-6-12(7-5-9)15(13,14)10(2)8-11/h9-10H,3-8H2,1-2H3. The lowest BCUT2D eigenvalue weighted by Crippen LogP contribution is -2.39. The molecule has 0 aliphatic carbocycles. The first-order valence-corrected chi connectivity index (χ1v) is 7.57. The molecule has 0 aromatic rings. The number of halogens is 1. The average Bonchev–Trinajstić information content (AvgIpc) is 2.41. The van der Waals surface area contributed by atoms with Crippen LogP contribution >= 0.6 is 11.6 Å². The van der Waals surface area contributed by atoms with Crippen LogP contribution in [-0.2, 0) is 10.0 Å². The van der Waals surface area contributed by atoms with Crippen LogP contribution in [0, 0.1) is 5.92 Å². The first-order chi connectivity index (χ1) is 6.98. The van der Waals surface area contributed by atoms with E-state index in [1.165, 1.54) is 0 Å². The first kappa shape index (κ1) is 13.3. The second kappa shape index (κ2) is 5.51. The van der Waals surface area contributed by atoms with Gasteiger partial charge in [0.05, 0.1) is 5.25 Å². The summed E-state index contributed by atoms with van der Waals surface area (Å²) in [5, 5.41) is -0.465. The maximum atomic E-state index is 12.0. The largest absolute Gasteiger partial charge is 0.217 e. The second-order valence-electron chi connectivity index (χ2n) is 4.44. The molecule has 0 N–H and O–H groups in total. The Bertz CT molecular complexity index is 292. The van der Waals surface area contributed by atoms with Crippen molar-refractivity contribution in [2.24, 2.45) is 5.92 Å². The predicted molar refractivity (Wildman–Crippen MR) is 63.7 cm³/mol. The van der Waals surface area contributed by atoms with Crippen LogP contribution < -0.4 is 0 Å². The molecule has 1 rings (SSSR count). The monoisotopic (exact) mass is 253 g/mol. The number of alkyl halides is 1. The van der Waals surface area contributed by atoms with Crippen molar-refractivity contribution >= 4 is 21.6 Å². The average molecular weight is 254 g/mol. The van der Waals surface area contributed by atoms with Crippen LogP contribution in [0.2, 0.25) is 0 Å². The van der Waals surface area contributed by atoms with Crippen molar-refractivity contribution in [1.82, 2.24) is 4.31 Å². The molecule has 0 radical (unpaired) electrons. The Hall–Kier alpha value is 0.200. The summed E-state index contributed by atoms with van der Waals surface area (Å²) in [6.45, 7) is 5.18. The van der Waals surface area contributed by atoms with Crippen LogP contribution in [0.4, 0.5) is 0 Å². The topological polar surface area (TPSA) is 37.4 Å². The summed E-state index contributed by atoms with van der Waals surface area (Å²) in [6, 6.07) is 0. The molecule has 90 valence electrons. The van der Waals surface area contributed by atoms with Crippen LogP contribution in [-0.4, -0.2) is 36.9 Å². The molecule has 2 atom stereocenters. The molecule has 5 heteroatoms. The number of sulfonamides is 1. The summed E-state index contributed by atoms with van der Waals surface area (Å²) in [7, 11) is -3.16. The van der Waals surface area contributed by atoms with Gasteiger partial charge in [0.2, 0.25) is 10.0 Å². The van der Waals surface area contributed by atoms with Gasteiger partial charge >= 0.3 is 0 Å². The molecular formula is C10H20ClNO2S.